The Hall–Kier alpha value is -1.00. The van der Waals surface area contributed by atoms with Gasteiger partial charge in [-0.2, -0.15) is 13.2 Å². The van der Waals surface area contributed by atoms with E-state index in [4.69, 9.17) is 0 Å². The van der Waals surface area contributed by atoms with Crippen molar-refractivity contribution in [1.82, 2.24) is 4.90 Å². The van der Waals surface area contributed by atoms with Gasteiger partial charge in [-0.15, -0.1) is 0 Å². The first-order valence-electron chi connectivity index (χ1n) is 2.74. The molecule has 5 heteroatoms. The number of carbonyl (C=O) groups is 1. The molecule has 0 saturated heterocycles. The zero-order valence-electron chi connectivity index (χ0n) is 6.20. The summed E-state index contributed by atoms with van der Waals surface area (Å²) >= 11 is 0. The summed E-state index contributed by atoms with van der Waals surface area (Å²) in [6, 6.07) is 0. The first-order chi connectivity index (χ1) is 4.76. The minimum atomic E-state index is -4.82. The monoisotopic (exact) mass is 167 g/mol. The predicted octanol–water partition coefficient (Wildman–Crippen LogP) is 1.19. The molecule has 0 saturated carbocycles. The number of hydrogen-bond donors (Lipinski definition) is 0. The summed E-state index contributed by atoms with van der Waals surface area (Å²) in [6.07, 6.45) is -4.82. The largest absolute Gasteiger partial charge is 0.456 e. The van der Waals surface area contributed by atoms with E-state index in [1.807, 2.05) is 0 Å². The van der Waals surface area contributed by atoms with Crippen LogP contribution in [0.5, 0.6) is 0 Å². The molecule has 0 aliphatic heterocycles. The fourth-order valence-corrected chi connectivity index (χ4v) is 0.367. The average Bonchev–Trinajstić information content (AvgIpc) is 1.82. The minimum Gasteiger partial charge on any atom is -0.375 e. The van der Waals surface area contributed by atoms with Crippen molar-refractivity contribution >= 4 is 5.78 Å². The van der Waals surface area contributed by atoms with Crippen molar-refractivity contribution in [3.8, 4) is 0 Å². The van der Waals surface area contributed by atoms with Crippen molar-refractivity contribution in [3.63, 3.8) is 0 Å². The maximum absolute atomic E-state index is 11.6. The molecule has 0 bridgehead atoms. The summed E-state index contributed by atoms with van der Waals surface area (Å²) in [6.45, 7) is 2.98. The van der Waals surface area contributed by atoms with Gasteiger partial charge in [0.05, 0.1) is 5.70 Å². The van der Waals surface area contributed by atoms with Crippen LogP contribution in [0.2, 0.25) is 0 Å². The molecule has 0 aliphatic rings. The van der Waals surface area contributed by atoms with Gasteiger partial charge in [-0.1, -0.05) is 6.58 Å². The van der Waals surface area contributed by atoms with Crippen LogP contribution in [0.25, 0.3) is 0 Å². The number of nitrogens with zero attached hydrogens (tertiary/aromatic N) is 1. The number of halogens is 3. The maximum Gasteiger partial charge on any atom is 0.456 e. The third-order valence-corrected chi connectivity index (χ3v) is 1.06. The van der Waals surface area contributed by atoms with Crippen molar-refractivity contribution < 1.29 is 18.0 Å². The fourth-order valence-electron chi connectivity index (χ4n) is 0.367. The number of ketones is 1. The lowest BCUT2D eigenvalue weighted by Gasteiger charge is -2.15. The Labute approximate surface area is 62.3 Å². The molecule has 0 aromatic rings. The molecule has 0 unspecified atom stereocenters. The van der Waals surface area contributed by atoms with Gasteiger partial charge in [0.1, 0.15) is 0 Å². The lowest BCUT2D eigenvalue weighted by atomic mass is 10.3. The highest BCUT2D eigenvalue weighted by Gasteiger charge is 2.40. The van der Waals surface area contributed by atoms with Crippen LogP contribution >= 0.6 is 0 Å². The molecule has 0 radical (unpaired) electrons. The maximum atomic E-state index is 11.6. The van der Waals surface area contributed by atoms with E-state index in [1.54, 1.807) is 0 Å². The van der Waals surface area contributed by atoms with E-state index < -0.39 is 17.7 Å². The zero-order chi connectivity index (χ0) is 9.23. The van der Waals surface area contributed by atoms with Gasteiger partial charge in [0.15, 0.2) is 0 Å². The van der Waals surface area contributed by atoms with Gasteiger partial charge in [-0.05, 0) is 0 Å². The number of likely N-dealkylation sites (N-methyl/N-ethyl adjacent to an activating group) is 1. The second-order valence-electron chi connectivity index (χ2n) is 2.17. The lowest BCUT2D eigenvalue weighted by molar-refractivity contribution is -0.167. The highest BCUT2D eigenvalue weighted by Crippen LogP contribution is 2.20. The summed E-state index contributed by atoms with van der Waals surface area (Å²) in [7, 11) is 2.65. The van der Waals surface area contributed by atoms with Crippen LogP contribution in [0.3, 0.4) is 0 Å². The molecule has 11 heavy (non-hydrogen) atoms. The Balaban J connectivity index is 4.40. The highest BCUT2D eigenvalue weighted by atomic mass is 19.4. The zero-order valence-corrected chi connectivity index (χ0v) is 6.20. The van der Waals surface area contributed by atoms with Crippen LogP contribution in [0.15, 0.2) is 12.3 Å². The molecule has 0 N–H and O–H groups in total. The highest BCUT2D eigenvalue weighted by molar-refractivity contribution is 5.98. The molecule has 2 nitrogen and oxygen atoms in total. The Morgan fingerprint density at radius 1 is 1.36 bits per heavy atom. The Kier molecular flexibility index (Phi) is 2.67. The van der Waals surface area contributed by atoms with E-state index in [0.29, 0.717) is 0 Å². The molecule has 0 atom stereocenters. The van der Waals surface area contributed by atoms with Gasteiger partial charge < -0.3 is 4.90 Å². The lowest BCUT2D eigenvalue weighted by Crippen LogP contribution is -2.30. The Morgan fingerprint density at radius 2 is 1.73 bits per heavy atom. The van der Waals surface area contributed by atoms with Crippen LogP contribution in [-0.4, -0.2) is 31.0 Å². The molecule has 0 aromatic carbocycles. The number of carbonyl (C=O) groups excluding carboxylic acids is 1. The van der Waals surface area contributed by atoms with Gasteiger partial charge in [0.2, 0.25) is 0 Å². The minimum absolute atomic E-state index is 0.558. The summed E-state index contributed by atoms with van der Waals surface area (Å²) < 4.78 is 34.9. The molecule has 0 fully saturated rings. The van der Waals surface area contributed by atoms with E-state index in [0.717, 1.165) is 4.90 Å². The van der Waals surface area contributed by atoms with E-state index in [9.17, 15) is 18.0 Å². The smallest absolute Gasteiger partial charge is 0.375 e. The Morgan fingerprint density at radius 3 is 1.82 bits per heavy atom. The van der Waals surface area contributed by atoms with Crippen molar-refractivity contribution in [3.05, 3.63) is 12.3 Å². The topological polar surface area (TPSA) is 20.3 Å². The summed E-state index contributed by atoms with van der Waals surface area (Å²) in [5.41, 5.74) is -0.558. The molecule has 0 heterocycles. The summed E-state index contributed by atoms with van der Waals surface area (Å²) in [4.78, 5) is 11.4. The second-order valence-corrected chi connectivity index (χ2v) is 2.17. The van der Waals surface area contributed by atoms with Gasteiger partial charge in [0, 0.05) is 14.1 Å². The summed E-state index contributed by atoms with van der Waals surface area (Å²) in [5.74, 6) is -1.90. The third kappa shape index (κ3) is 2.61. The first-order valence-corrected chi connectivity index (χ1v) is 2.74. The van der Waals surface area contributed by atoms with Crippen LogP contribution in [-0.2, 0) is 4.79 Å². The van der Waals surface area contributed by atoms with Crippen LogP contribution in [0, 0.1) is 0 Å². The number of hydrogen-bond acceptors (Lipinski definition) is 2. The normalized spacial score (nSPS) is 11.0. The fraction of sp³-hybridized carbons (Fsp3) is 0.500. The second kappa shape index (κ2) is 2.94. The van der Waals surface area contributed by atoms with Gasteiger partial charge in [-0.3, -0.25) is 4.79 Å². The molecular weight excluding hydrogens is 159 g/mol. The standard InChI is InChI=1S/C6H8F3NO/c1-4(10(2)3)5(11)6(7,8)9/h1H2,2-3H3. The van der Waals surface area contributed by atoms with Gasteiger partial charge in [-0.25, -0.2) is 0 Å². The van der Waals surface area contributed by atoms with Crippen molar-refractivity contribution in [1.29, 1.82) is 0 Å². The van der Waals surface area contributed by atoms with Crippen LogP contribution in [0.4, 0.5) is 13.2 Å². The number of allylic oxidation sites excluding steroid dienone is 1. The van der Waals surface area contributed by atoms with E-state index in [1.165, 1.54) is 14.1 Å². The third-order valence-electron chi connectivity index (χ3n) is 1.06. The number of rotatable bonds is 2. The predicted molar refractivity (Wildman–Crippen MR) is 33.9 cm³/mol. The van der Waals surface area contributed by atoms with Crippen molar-refractivity contribution in [2.45, 2.75) is 6.18 Å². The van der Waals surface area contributed by atoms with E-state index >= 15 is 0 Å². The summed E-state index contributed by atoms with van der Waals surface area (Å²) in [5, 5.41) is 0. The SMILES string of the molecule is C=C(C(=O)C(F)(F)F)N(C)C. The molecule has 0 aliphatic carbocycles. The van der Waals surface area contributed by atoms with E-state index in [-0.39, 0.29) is 0 Å². The van der Waals surface area contributed by atoms with Crippen LogP contribution < -0.4 is 0 Å². The number of Topliss-reactive ketones (excluding diaryl/α,β-unsaturated/α-hetero) is 1. The average molecular weight is 167 g/mol. The number of alkyl halides is 3. The molecule has 0 spiro atoms. The molecule has 0 amide bonds. The van der Waals surface area contributed by atoms with Crippen molar-refractivity contribution in [2.75, 3.05) is 14.1 Å². The first kappa shape index (κ1) is 10.0. The van der Waals surface area contributed by atoms with E-state index in [2.05, 4.69) is 6.58 Å². The molecule has 0 aromatic heterocycles. The molecule has 64 valence electrons. The van der Waals surface area contributed by atoms with Crippen LogP contribution in [0.1, 0.15) is 0 Å². The van der Waals surface area contributed by atoms with Gasteiger partial charge >= 0.3 is 6.18 Å². The molecule has 0 rings (SSSR count). The molecular formula is C6H8F3NO. The quantitative estimate of drug-likeness (QED) is 0.576. The Bertz CT molecular complexity index is 183. The van der Waals surface area contributed by atoms with Crippen molar-refractivity contribution in [2.24, 2.45) is 0 Å². The van der Waals surface area contributed by atoms with Gasteiger partial charge in [0.25, 0.3) is 5.78 Å².